The minimum Gasteiger partial charge on any atom is -0.346 e. The van der Waals surface area contributed by atoms with Gasteiger partial charge in [0.15, 0.2) is 12.0 Å². The zero-order valence-corrected chi connectivity index (χ0v) is 19.5. The summed E-state index contributed by atoms with van der Waals surface area (Å²) in [6.07, 6.45) is -1.42. The van der Waals surface area contributed by atoms with Gasteiger partial charge in [-0.1, -0.05) is 11.6 Å². The quantitative estimate of drug-likeness (QED) is 0.682. The third kappa shape index (κ3) is 4.23. The summed E-state index contributed by atoms with van der Waals surface area (Å²) in [6, 6.07) is 9.92. The van der Waals surface area contributed by atoms with Crippen LogP contribution in [0.25, 0.3) is 0 Å². The molecule has 180 valence electrons. The maximum Gasteiger partial charge on any atom is 0.338 e. The number of carbonyl (C=O) groups excluding carboxylic acids is 2. The predicted molar refractivity (Wildman–Crippen MR) is 122 cm³/mol. The van der Waals surface area contributed by atoms with Crippen LogP contribution in [-0.2, 0) is 14.2 Å². The lowest BCUT2D eigenvalue weighted by Crippen LogP contribution is -2.59. The number of nitrogens with one attached hydrogen (secondary N) is 2. The molecule has 2 N–H and O–H groups in total. The molecule has 0 aliphatic carbocycles. The minimum absolute atomic E-state index is 0.0828. The van der Waals surface area contributed by atoms with Gasteiger partial charge in [0.2, 0.25) is 0 Å². The van der Waals surface area contributed by atoms with Gasteiger partial charge in [-0.15, -0.1) is 0 Å². The van der Waals surface area contributed by atoms with Crippen LogP contribution in [0.1, 0.15) is 24.2 Å². The molecule has 3 fully saturated rings. The summed E-state index contributed by atoms with van der Waals surface area (Å²) in [4.78, 5) is 25.6. The number of likely N-dealkylation sites (N-methyl/N-ethyl adjacent to an activating group) is 1. The average molecular weight is 491 g/mol. The van der Waals surface area contributed by atoms with Crippen LogP contribution in [0, 0.1) is 5.82 Å². The number of ether oxygens (including phenoxy) is 3. The van der Waals surface area contributed by atoms with Crippen molar-refractivity contribution in [3.8, 4) is 0 Å². The molecule has 0 aromatic heterocycles. The molecular weight excluding hydrogens is 467 g/mol. The van der Waals surface area contributed by atoms with Gasteiger partial charge in [-0.2, -0.15) is 0 Å². The molecule has 11 heteroatoms. The highest BCUT2D eigenvalue weighted by atomic mass is 35.5. The van der Waals surface area contributed by atoms with E-state index in [0.29, 0.717) is 23.5 Å². The molecule has 9 nitrogen and oxygen atoms in total. The van der Waals surface area contributed by atoms with E-state index in [4.69, 9.17) is 25.8 Å². The summed E-state index contributed by atoms with van der Waals surface area (Å²) >= 11 is 5.76. The molecule has 3 aliphatic heterocycles. The molecule has 0 unspecified atom stereocenters. The Labute approximate surface area is 200 Å². The van der Waals surface area contributed by atoms with Crippen LogP contribution in [0.15, 0.2) is 42.5 Å². The Kier molecular flexibility index (Phi) is 5.73. The topological polar surface area (TPSA) is 92.4 Å². The van der Waals surface area contributed by atoms with Crippen molar-refractivity contribution in [1.29, 1.82) is 0 Å². The van der Waals surface area contributed by atoms with E-state index in [-0.39, 0.29) is 23.3 Å². The molecule has 0 radical (unpaired) electrons. The van der Waals surface area contributed by atoms with E-state index >= 15 is 0 Å². The highest BCUT2D eigenvalue weighted by Crippen LogP contribution is 2.42. The van der Waals surface area contributed by atoms with Crippen LogP contribution in [0.3, 0.4) is 0 Å². The molecule has 5 rings (SSSR count). The van der Waals surface area contributed by atoms with E-state index in [0.717, 1.165) is 0 Å². The van der Waals surface area contributed by atoms with Gasteiger partial charge < -0.3 is 24.8 Å². The summed E-state index contributed by atoms with van der Waals surface area (Å²) in [5.74, 6) is -1.69. The van der Waals surface area contributed by atoms with Gasteiger partial charge >= 0.3 is 6.03 Å². The average Bonchev–Trinajstić information content (AvgIpc) is 3.23. The SMILES string of the molecule is CN1C[C@H]2O[C@H]([C@@H]3OC(C)(C)O[C@@H]32)N1C(=O)Nc1ccc(C(=O)Nc2ccc(F)c(Cl)c2)cc1. The summed E-state index contributed by atoms with van der Waals surface area (Å²) in [6.45, 7) is 4.17. The number of anilines is 2. The van der Waals surface area contributed by atoms with Crippen LogP contribution < -0.4 is 10.6 Å². The van der Waals surface area contributed by atoms with Gasteiger partial charge in [0.1, 0.15) is 24.1 Å². The van der Waals surface area contributed by atoms with Gasteiger partial charge in [-0.25, -0.2) is 19.2 Å². The van der Waals surface area contributed by atoms with E-state index in [1.165, 1.54) is 23.2 Å². The molecule has 2 aromatic rings. The van der Waals surface area contributed by atoms with E-state index in [1.807, 2.05) is 20.9 Å². The normalized spacial score (nSPS) is 27.4. The highest BCUT2D eigenvalue weighted by molar-refractivity contribution is 6.31. The third-order valence-electron chi connectivity index (χ3n) is 5.96. The summed E-state index contributed by atoms with van der Waals surface area (Å²) < 4.78 is 31.3. The smallest absolute Gasteiger partial charge is 0.338 e. The summed E-state index contributed by atoms with van der Waals surface area (Å²) in [5, 5.41) is 8.69. The van der Waals surface area contributed by atoms with Crippen molar-refractivity contribution >= 4 is 34.9 Å². The summed E-state index contributed by atoms with van der Waals surface area (Å²) in [5.41, 5.74) is 1.23. The van der Waals surface area contributed by atoms with Gasteiger partial charge in [0.25, 0.3) is 5.91 Å². The highest BCUT2D eigenvalue weighted by Gasteiger charge is 2.61. The van der Waals surface area contributed by atoms with Crippen molar-refractivity contribution < 1.29 is 28.2 Å². The molecule has 2 aromatic carbocycles. The van der Waals surface area contributed by atoms with E-state index in [9.17, 15) is 14.0 Å². The van der Waals surface area contributed by atoms with Gasteiger partial charge in [-0.3, -0.25) is 4.79 Å². The van der Waals surface area contributed by atoms with E-state index < -0.39 is 29.8 Å². The lowest BCUT2D eigenvalue weighted by atomic mass is 10.1. The monoisotopic (exact) mass is 490 g/mol. The number of nitrogens with zero attached hydrogens (tertiary/aromatic N) is 2. The first-order valence-electron chi connectivity index (χ1n) is 10.8. The molecule has 0 saturated carbocycles. The Bertz CT molecular complexity index is 1130. The number of fused-ring (bicyclic) bond motifs is 5. The second-order valence-corrected chi connectivity index (χ2v) is 9.31. The first-order valence-corrected chi connectivity index (χ1v) is 11.2. The van der Waals surface area contributed by atoms with Crippen molar-refractivity contribution in [2.45, 2.75) is 44.2 Å². The second-order valence-electron chi connectivity index (χ2n) is 8.91. The number of amides is 3. The van der Waals surface area contributed by atoms with Crippen molar-refractivity contribution in [2.75, 3.05) is 24.2 Å². The fourth-order valence-corrected chi connectivity index (χ4v) is 4.66. The minimum atomic E-state index is -0.733. The molecule has 3 heterocycles. The van der Waals surface area contributed by atoms with Crippen LogP contribution in [0.4, 0.5) is 20.6 Å². The number of urea groups is 1. The Morgan fingerprint density at radius 2 is 1.74 bits per heavy atom. The number of carbonyl (C=O) groups is 2. The third-order valence-corrected chi connectivity index (χ3v) is 6.25. The van der Waals surface area contributed by atoms with Crippen molar-refractivity contribution in [3.05, 3.63) is 58.9 Å². The molecular formula is C23H24ClFN4O5. The molecule has 3 aliphatic rings. The molecule has 34 heavy (non-hydrogen) atoms. The van der Waals surface area contributed by atoms with Crippen molar-refractivity contribution in [3.63, 3.8) is 0 Å². The number of hydrogen-bond donors (Lipinski definition) is 2. The van der Waals surface area contributed by atoms with E-state index in [2.05, 4.69) is 10.6 Å². The number of rotatable bonds is 3. The van der Waals surface area contributed by atoms with Gasteiger partial charge in [-0.05, 0) is 56.3 Å². The second kappa shape index (κ2) is 8.47. The Morgan fingerprint density at radius 3 is 2.44 bits per heavy atom. The van der Waals surface area contributed by atoms with Crippen LogP contribution >= 0.6 is 11.6 Å². The fraction of sp³-hybridized carbons (Fsp3) is 0.391. The van der Waals surface area contributed by atoms with Crippen LogP contribution in [0.2, 0.25) is 5.02 Å². The number of hydrazine groups is 1. The zero-order valence-electron chi connectivity index (χ0n) is 18.7. The number of benzene rings is 2. The Hall–Kier alpha value is -2.76. The summed E-state index contributed by atoms with van der Waals surface area (Å²) in [7, 11) is 1.81. The van der Waals surface area contributed by atoms with Gasteiger partial charge in [0, 0.05) is 30.5 Å². The van der Waals surface area contributed by atoms with Crippen molar-refractivity contribution in [1.82, 2.24) is 10.0 Å². The van der Waals surface area contributed by atoms with Crippen molar-refractivity contribution in [2.24, 2.45) is 0 Å². The van der Waals surface area contributed by atoms with Crippen LogP contribution in [-0.4, -0.2) is 65.9 Å². The first-order chi connectivity index (χ1) is 16.1. The first kappa shape index (κ1) is 23.0. The zero-order chi connectivity index (χ0) is 24.2. The van der Waals surface area contributed by atoms with Gasteiger partial charge in [0.05, 0.1) is 5.02 Å². The Balaban J connectivity index is 1.24. The molecule has 3 saturated heterocycles. The molecule has 0 spiro atoms. The maximum absolute atomic E-state index is 13.3. The van der Waals surface area contributed by atoms with Crippen LogP contribution in [0.5, 0.6) is 0 Å². The molecule has 2 bridgehead atoms. The largest absolute Gasteiger partial charge is 0.346 e. The Morgan fingerprint density at radius 1 is 1.06 bits per heavy atom. The lowest BCUT2D eigenvalue weighted by Gasteiger charge is -2.42. The fourth-order valence-electron chi connectivity index (χ4n) is 4.48. The lowest BCUT2D eigenvalue weighted by molar-refractivity contribution is -0.247. The molecule has 3 amide bonds. The molecule has 4 atom stereocenters. The standard InChI is InChI=1S/C23H24ClFN4O5/c1-23(2)33-18-17-11-28(3)29(21(32-17)19(18)34-23)22(31)27-13-6-4-12(5-7-13)20(30)26-14-8-9-16(25)15(24)10-14/h4-10,17-19,21H,11H2,1-3H3,(H,26,30)(H,27,31)/t17-,18-,19-,21-/m1/s1. The number of halogens is 2. The number of hydrogen-bond acceptors (Lipinski definition) is 6. The maximum atomic E-state index is 13.3. The van der Waals surface area contributed by atoms with E-state index in [1.54, 1.807) is 29.3 Å². The predicted octanol–water partition coefficient (Wildman–Crippen LogP) is 3.67.